The number of anilines is 2. The first kappa shape index (κ1) is 15.7. The predicted octanol–water partition coefficient (Wildman–Crippen LogP) is 4.59. The number of hydrogen-bond acceptors (Lipinski definition) is 5. The highest BCUT2D eigenvalue weighted by Gasteiger charge is 2.08. The Kier molecular flexibility index (Phi) is 4.56. The van der Waals surface area contributed by atoms with Gasteiger partial charge in [-0.05, 0) is 42.8 Å². The fourth-order valence-corrected chi connectivity index (χ4v) is 2.21. The lowest BCUT2D eigenvalue weighted by molar-refractivity contribution is 0.213. The molecule has 0 saturated heterocycles. The van der Waals surface area contributed by atoms with E-state index in [2.05, 4.69) is 15.5 Å². The standard InChI is InChI=1S/C18H16FN3O2/c1-12(22-23-2)13-4-3-5-14(10-13)17-11-20-18(24-17)21-16-8-6-15(19)7-9-16/h3-11H,1-2H3,(H,20,21)/b22-12-. The molecular weight excluding hydrogens is 309 g/mol. The van der Waals surface area contributed by atoms with Crippen molar-refractivity contribution in [3.8, 4) is 11.3 Å². The summed E-state index contributed by atoms with van der Waals surface area (Å²) in [5, 5.41) is 6.92. The van der Waals surface area contributed by atoms with E-state index >= 15 is 0 Å². The Morgan fingerprint density at radius 2 is 2.00 bits per heavy atom. The van der Waals surface area contributed by atoms with E-state index in [1.54, 1.807) is 18.3 Å². The lowest BCUT2D eigenvalue weighted by atomic mass is 10.1. The monoisotopic (exact) mass is 325 g/mol. The first-order chi connectivity index (χ1) is 11.7. The summed E-state index contributed by atoms with van der Waals surface area (Å²) in [4.78, 5) is 8.99. The molecule has 0 bridgehead atoms. The van der Waals surface area contributed by atoms with Crippen molar-refractivity contribution in [3.05, 3.63) is 66.1 Å². The number of oxazole rings is 1. The highest BCUT2D eigenvalue weighted by Crippen LogP contribution is 2.25. The Balaban J connectivity index is 1.81. The van der Waals surface area contributed by atoms with Crippen LogP contribution in [-0.2, 0) is 4.84 Å². The summed E-state index contributed by atoms with van der Waals surface area (Å²) in [7, 11) is 1.51. The zero-order valence-corrected chi connectivity index (χ0v) is 13.3. The number of aromatic nitrogens is 1. The second-order valence-electron chi connectivity index (χ2n) is 5.10. The number of hydrogen-bond donors (Lipinski definition) is 1. The minimum Gasteiger partial charge on any atom is -0.423 e. The van der Waals surface area contributed by atoms with E-state index in [-0.39, 0.29) is 5.82 Å². The minimum absolute atomic E-state index is 0.293. The third kappa shape index (κ3) is 3.60. The van der Waals surface area contributed by atoms with Crippen molar-refractivity contribution < 1.29 is 13.6 Å². The molecule has 0 aliphatic heterocycles. The second kappa shape index (κ2) is 6.95. The summed E-state index contributed by atoms with van der Waals surface area (Å²) in [5.41, 5.74) is 3.27. The number of nitrogens with zero attached hydrogens (tertiary/aromatic N) is 2. The first-order valence-electron chi connectivity index (χ1n) is 7.32. The lowest BCUT2D eigenvalue weighted by Gasteiger charge is -2.03. The van der Waals surface area contributed by atoms with E-state index in [1.807, 2.05) is 31.2 Å². The van der Waals surface area contributed by atoms with Gasteiger partial charge in [0, 0.05) is 11.3 Å². The Hall–Kier alpha value is -3.15. The van der Waals surface area contributed by atoms with Crippen LogP contribution in [0.4, 0.5) is 16.1 Å². The van der Waals surface area contributed by atoms with Gasteiger partial charge in [-0.1, -0.05) is 23.4 Å². The fourth-order valence-electron chi connectivity index (χ4n) is 2.21. The van der Waals surface area contributed by atoms with Crippen molar-refractivity contribution in [2.75, 3.05) is 12.4 Å². The molecule has 0 aliphatic rings. The van der Waals surface area contributed by atoms with Crippen molar-refractivity contribution in [2.45, 2.75) is 6.92 Å². The Bertz CT molecular complexity index is 857. The molecule has 0 atom stereocenters. The van der Waals surface area contributed by atoms with Crippen LogP contribution in [0.2, 0.25) is 0 Å². The SMILES string of the molecule is CO/N=C(/C)c1cccc(-c2cnc(Nc3ccc(F)cc3)o2)c1. The number of nitrogens with one attached hydrogen (secondary N) is 1. The van der Waals surface area contributed by atoms with Gasteiger partial charge < -0.3 is 14.6 Å². The molecular formula is C18H16FN3O2. The van der Waals surface area contributed by atoms with E-state index in [1.165, 1.54) is 19.2 Å². The molecule has 1 heterocycles. The molecule has 2 aromatic carbocycles. The van der Waals surface area contributed by atoms with Gasteiger partial charge in [-0.2, -0.15) is 0 Å². The maximum Gasteiger partial charge on any atom is 0.299 e. The van der Waals surface area contributed by atoms with E-state index in [9.17, 15) is 4.39 Å². The molecule has 0 amide bonds. The molecule has 6 heteroatoms. The highest BCUT2D eigenvalue weighted by molar-refractivity contribution is 5.99. The van der Waals surface area contributed by atoms with Crippen molar-refractivity contribution in [1.29, 1.82) is 0 Å². The topological polar surface area (TPSA) is 59.7 Å². The van der Waals surface area contributed by atoms with Gasteiger partial charge in [-0.15, -0.1) is 0 Å². The van der Waals surface area contributed by atoms with Gasteiger partial charge in [-0.3, -0.25) is 0 Å². The molecule has 1 N–H and O–H groups in total. The van der Waals surface area contributed by atoms with Gasteiger partial charge in [0.1, 0.15) is 12.9 Å². The van der Waals surface area contributed by atoms with Crippen LogP contribution in [0, 0.1) is 5.82 Å². The van der Waals surface area contributed by atoms with E-state index < -0.39 is 0 Å². The predicted molar refractivity (Wildman–Crippen MR) is 90.8 cm³/mol. The second-order valence-corrected chi connectivity index (χ2v) is 5.10. The summed E-state index contributed by atoms with van der Waals surface area (Å²) in [6.45, 7) is 1.87. The molecule has 0 spiro atoms. The largest absolute Gasteiger partial charge is 0.423 e. The molecule has 3 rings (SSSR count). The van der Waals surface area contributed by atoms with Crippen molar-refractivity contribution in [1.82, 2.24) is 4.98 Å². The third-order valence-electron chi connectivity index (χ3n) is 3.39. The van der Waals surface area contributed by atoms with Crippen molar-refractivity contribution in [2.24, 2.45) is 5.16 Å². The van der Waals surface area contributed by atoms with Crippen LogP contribution in [0.5, 0.6) is 0 Å². The van der Waals surface area contributed by atoms with Crippen LogP contribution < -0.4 is 5.32 Å². The summed E-state index contributed by atoms with van der Waals surface area (Å²) in [6, 6.07) is 14.0. The van der Waals surface area contributed by atoms with Crippen LogP contribution in [0.15, 0.2) is 64.3 Å². The zero-order valence-electron chi connectivity index (χ0n) is 13.3. The molecule has 0 unspecified atom stereocenters. The number of rotatable bonds is 5. The van der Waals surface area contributed by atoms with Gasteiger partial charge >= 0.3 is 0 Å². The Morgan fingerprint density at radius 1 is 1.21 bits per heavy atom. The Labute approximate surface area is 138 Å². The maximum atomic E-state index is 12.9. The molecule has 1 aromatic heterocycles. The summed E-state index contributed by atoms with van der Waals surface area (Å²) in [6.07, 6.45) is 1.63. The number of halogens is 1. The van der Waals surface area contributed by atoms with Crippen molar-refractivity contribution in [3.63, 3.8) is 0 Å². The molecule has 0 fully saturated rings. The smallest absolute Gasteiger partial charge is 0.299 e. The molecule has 0 radical (unpaired) electrons. The first-order valence-corrected chi connectivity index (χ1v) is 7.32. The molecule has 0 saturated carbocycles. The lowest BCUT2D eigenvalue weighted by Crippen LogP contribution is -1.95. The van der Waals surface area contributed by atoms with Crippen LogP contribution in [0.3, 0.4) is 0 Å². The number of oxime groups is 1. The average molecular weight is 325 g/mol. The van der Waals surface area contributed by atoms with Gasteiger partial charge in [0.25, 0.3) is 6.01 Å². The van der Waals surface area contributed by atoms with E-state index in [0.717, 1.165) is 16.8 Å². The molecule has 5 nitrogen and oxygen atoms in total. The summed E-state index contributed by atoms with van der Waals surface area (Å²) < 4.78 is 18.6. The van der Waals surface area contributed by atoms with Crippen molar-refractivity contribution >= 4 is 17.4 Å². The minimum atomic E-state index is -0.293. The summed E-state index contributed by atoms with van der Waals surface area (Å²) in [5.74, 6) is 0.324. The number of benzene rings is 2. The van der Waals surface area contributed by atoms with E-state index in [0.29, 0.717) is 17.5 Å². The van der Waals surface area contributed by atoms with Crippen LogP contribution in [0.25, 0.3) is 11.3 Å². The highest BCUT2D eigenvalue weighted by atomic mass is 19.1. The normalized spacial score (nSPS) is 11.4. The van der Waals surface area contributed by atoms with Crippen LogP contribution in [0.1, 0.15) is 12.5 Å². The molecule has 0 aliphatic carbocycles. The Morgan fingerprint density at radius 3 is 2.75 bits per heavy atom. The average Bonchev–Trinajstić information content (AvgIpc) is 3.06. The maximum absolute atomic E-state index is 12.9. The van der Waals surface area contributed by atoms with Gasteiger partial charge in [0.15, 0.2) is 5.76 Å². The van der Waals surface area contributed by atoms with Crippen LogP contribution >= 0.6 is 0 Å². The van der Waals surface area contributed by atoms with Gasteiger partial charge in [-0.25, -0.2) is 9.37 Å². The van der Waals surface area contributed by atoms with Crippen LogP contribution in [-0.4, -0.2) is 17.8 Å². The summed E-state index contributed by atoms with van der Waals surface area (Å²) >= 11 is 0. The van der Waals surface area contributed by atoms with Gasteiger partial charge in [0.2, 0.25) is 0 Å². The fraction of sp³-hybridized carbons (Fsp3) is 0.111. The molecule has 24 heavy (non-hydrogen) atoms. The molecule has 122 valence electrons. The van der Waals surface area contributed by atoms with E-state index in [4.69, 9.17) is 9.25 Å². The quantitative estimate of drug-likeness (QED) is 0.550. The third-order valence-corrected chi connectivity index (χ3v) is 3.39. The van der Waals surface area contributed by atoms with Gasteiger partial charge in [0.05, 0.1) is 11.9 Å². The zero-order chi connectivity index (χ0) is 16.9. The molecule has 3 aromatic rings.